The molecule has 0 saturated heterocycles. The van der Waals surface area contributed by atoms with Crippen LogP contribution in [-0.2, 0) is 22.4 Å². The topological polar surface area (TPSA) is 52.6 Å². The second kappa shape index (κ2) is 19.3. The summed E-state index contributed by atoms with van der Waals surface area (Å²) in [7, 11) is 4.85. The van der Waals surface area contributed by atoms with E-state index in [-0.39, 0.29) is 0 Å². The van der Waals surface area contributed by atoms with E-state index in [1.165, 1.54) is 0 Å². The standard InChI is InChI=1S/C19H44N2O5SSi/c1-6-7-13-22-17-18-26-28(24-15-11-20(2)3,25-16-12-21(4)5)23-14-9-8-10-19-27/h27H,6-19H2,1-5H3. The fourth-order valence-corrected chi connectivity index (χ4v) is 4.25. The third-order valence-corrected chi connectivity index (χ3v) is 6.41. The minimum atomic E-state index is -3.21. The lowest BCUT2D eigenvalue weighted by atomic mass is 10.3. The molecule has 0 unspecified atom stereocenters. The molecular formula is C19H44N2O5SSi. The molecule has 0 heterocycles. The first-order valence-electron chi connectivity index (χ1n) is 10.5. The zero-order chi connectivity index (χ0) is 21.1. The molecule has 0 aromatic heterocycles. The number of thiol groups is 1. The first-order valence-corrected chi connectivity index (χ1v) is 12.8. The third-order valence-electron chi connectivity index (χ3n) is 3.86. The van der Waals surface area contributed by atoms with E-state index in [9.17, 15) is 0 Å². The van der Waals surface area contributed by atoms with Gasteiger partial charge in [0.25, 0.3) is 0 Å². The van der Waals surface area contributed by atoms with Crippen LogP contribution in [0.25, 0.3) is 0 Å². The highest BCUT2D eigenvalue weighted by Crippen LogP contribution is 2.14. The molecule has 0 saturated carbocycles. The van der Waals surface area contributed by atoms with Crippen LogP contribution in [0.4, 0.5) is 0 Å². The van der Waals surface area contributed by atoms with Gasteiger partial charge in [-0.1, -0.05) is 19.8 Å². The lowest BCUT2D eigenvalue weighted by Gasteiger charge is -2.29. The largest absolute Gasteiger partial charge is 0.679 e. The van der Waals surface area contributed by atoms with Crippen LogP contribution in [0.15, 0.2) is 0 Å². The Kier molecular flexibility index (Phi) is 19.5. The van der Waals surface area contributed by atoms with Crippen molar-refractivity contribution >= 4 is 21.7 Å². The fourth-order valence-electron chi connectivity index (χ4n) is 2.12. The van der Waals surface area contributed by atoms with Crippen LogP contribution in [0.2, 0.25) is 0 Å². The molecule has 0 rings (SSSR count). The normalized spacial score (nSPS) is 12.4. The smallest absolute Gasteiger partial charge is 0.379 e. The Morgan fingerprint density at radius 3 is 1.75 bits per heavy atom. The Balaban J connectivity index is 4.73. The van der Waals surface area contributed by atoms with Gasteiger partial charge in [-0.25, -0.2) is 0 Å². The van der Waals surface area contributed by atoms with Gasteiger partial charge in [-0.3, -0.25) is 0 Å². The Morgan fingerprint density at radius 2 is 1.21 bits per heavy atom. The van der Waals surface area contributed by atoms with E-state index in [0.29, 0.717) is 33.0 Å². The van der Waals surface area contributed by atoms with E-state index < -0.39 is 9.05 Å². The summed E-state index contributed by atoms with van der Waals surface area (Å²) in [5.74, 6) is 0.896. The van der Waals surface area contributed by atoms with Crippen molar-refractivity contribution in [1.82, 2.24) is 9.80 Å². The predicted octanol–water partition coefficient (Wildman–Crippen LogP) is 2.53. The van der Waals surface area contributed by atoms with Crippen molar-refractivity contribution in [2.24, 2.45) is 0 Å². The average Bonchev–Trinajstić information content (AvgIpc) is 2.63. The highest BCUT2D eigenvalue weighted by Gasteiger charge is 2.45. The van der Waals surface area contributed by atoms with E-state index in [1.807, 2.05) is 28.2 Å². The Labute approximate surface area is 179 Å². The summed E-state index contributed by atoms with van der Waals surface area (Å²) in [5.41, 5.74) is 0. The van der Waals surface area contributed by atoms with E-state index in [1.54, 1.807) is 0 Å². The number of hydrogen-bond acceptors (Lipinski definition) is 8. The Hall–Kier alpha value is 0.287. The summed E-state index contributed by atoms with van der Waals surface area (Å²) in [4.78, 5) is 4.14. The fraction of sp³-hybridized carbons (Fsp3) is 1.00. The molecule has 0 aliphatic rings. The summed E-state index contributed by atoms with van der Waals surface area (Å²) < 4.78 is 30.0. The summed E-state index contributed by atoms with van der Waals surface area (Å²) in [5, 5.41) is 0. The van der Waals surface area contributed by atoms with Gasteiger partial charge < -0.3 is 32.2 Å². The van der Waals surface area contributed by atoms with Gasteiger partial charge in [0.15, 0.2) is 0 Å². The van der Waals surface area contributed by atoms with Crippen molar-refractivity contribution in [3.8, 4) is 0 Å². The third kappa shape index (κ3) is 17.2. The molecule has 170 valence electrons. The lowest BCUT2D eigenvalue weighted by Crippen LogP contribution is -2.52. The minimum absolute atomic E-state index is 0.413. The van der Waals surface area contributed by atoms with Gasteiger partial charge in [-0.2, -0.15) is 12.6 Å². The monoisotopic (exact) mass is 440 g/mol. The molecule has 0 radical (unpaired) electrons. The molecule has 0 aliphatic carbocycles. The number of rotatable bonds is 21. The Bertz CT molecular complexity index is 327. The van der Waals surface area contributed by atoms with E-state index in [0.717, 1.165) is 57.6 Å². The summed E-state index contributed by atoms with van der Waals surface area (Å²) >= 11 is 4.26. The molecule has 0 atom stereocenters. The van der Waals surface area contributed by atoms with Gasteiger partial charge in [0.2, 0.25) is 0 Å². The minimum Gasteiger partial charge on any atom is -0.379 e. The number of nitrogens with zero attached hydrogens (tertiary/aromatic N) is 2. The van der Waals surface area contributed by atoms with Crippen molar-refractivity contribution in [3.05, 3.63) is 0 Å². The SMILES string of the molecule is CCCCOCCO[Si](OCCCCCS)(OCCN(C)C)OCCN(C)C. The van der Waals surface area contributed by atoms with E-state index in [4.69, 9.17) is 22.4 Å². The van der Waals surface area contributed by atoms with Gasteiger partial charge in [0, 0.05) is 26.3 Å². The van der Waals surface area contributed by atoms with Crippen LogP contribution in [0.5, 0.6) is 0 Å². The molecule has 0 aromatic rings. The van der Waals surface area contributed by atoms with Crippen molar-refractivity contribution in [3.63, 3.8) is 0 Å². The molecule has 0 spiro atoms. The Morgan fingerprint density at radius 1 is 0.643 bits per heavy atom. The van der Waals surface area contributed by atoms with Crippen molar-refractivity contribution < 1.29 is 22.4 Å². The van der Waals surface area contributed by atoms with Gasteiger partial charge in [-0.05, 0) is 53.2 Å². The zero-order valence-electron chi connectivity index (χ0n) is 18.8. The highest BCUT2D eigenvalue weighted by atomic mass is 32.1. The highest BCUT2D eigenvalue weighted by molar-refractivity contribution is 7.80. The van der Waals surface area contributed by atoms with Crippen LogP contribution >= 0.6 is 12.6 Å². The summed E-state index contributed by atoms with van der Waals surface area (Å²) in [6, 6.07) is 0. The van der Waals surface area contributed by atoms with Gasteiger partial charge in [-0.15, -0.1) is 0 Å². The number of ether oxygens (including phenoxy) is 1. The molecule has 28 heavy (non-hydrogen) atoms. The maximum Gasteiger partial charge on any atom is 0.679 e. The second-order valence-corrected chi connectivity index (χ2v) is 9.85. The molecule has 7 nitrogen and oxygen atoms in total. The first kappa shape index (κ1) is 28.3. The van der Waals surface area contributed by atoms with Gasteiger partial charge >= 0.3 is 9.05 Å². The van der Waals surface area contributed by atoms with Crippen LogP contribution in [0.3, 0.4) is 0 Å². The predicted molar refractivity (Wildman–Crippen MR) is 120 cm³/mol. The summed E-state index contributed by atoms with van der Waals surface area (Å²) in [6.07, 6.45) is 5.28. The lowest BCUT2D eigenvalue weighted by molar-refractivity contribution is -0.0491. The average molecular weight is 441 g/mol. The van der Waals surface area contributed by atoms with Crippen LogP contribution in [0.1, 0.15) is 39.0 Å². The first-order chi connectivity index (χ1) is 13.5. The van der Waals surface area contributed by atoms with Crippen molar-refractivity contribution in [2.75, 3.05) is 86.7 Å². The van der Waals surface area contributed by atoms with Crippen LogP contribution < -0.4 is 0 Å². The molecule has 0 bridgehead atoms. The molecule has 9 heteroatoms. The van der Waals surface area contributed by atoms with Gasteiger partial charge in [0.05, 0.1) is 26.4 Å². The molecular weight excluding hydrogens is 396 g/mol. The quantitative estimate of drug-likeness (QED) is 0.167. The molecule has 0 aliphatic heterocycles. The molecule has 0 fully saturated rings. The van der Waals surface area contributed by atoms with E-state index >= 15 is 0 Å². The maximum atomic E-state index is 6.12. The second-order valence-electron chi connectivity index (χ2n) is 7.25. The molecule has 0 aromatic carbocycles. The van der Waals surface area contributed by atoms with E-state index in [2.05, 4.69) is 29.4 Å². The molecule has 0 amide bonds. The summed E-state index contributed by atoms with van der Waals surface area (Å²) in [6.45, 7) is 6.99. The number of unbranched alkanes of at least 4 members (excludes halogenated alkanes) is 3. The van der Waals surface area contributed by atoms with Crippen LogP contribution in [-0.4, -0.2) is 106 Å². The molecule has 0 N–H and O–H groups in total. The van der Waals surface area contributed by atoms with Crippen molar-refractivity contribution in [1.29, 1.82) is 0 Å². The number of hydrogen-bond donors (Lipinski definition) is 1. The number of likely N-dealkylation sites (N-methyl/N-ethyl adjacent to an activating group) is 2. The maximum absolute atomic E-state index is 6.12. The van der Waals surface area contributed by atoms with Gasteiger partial charge in [0.1, 0.15) is 0 Å². The van der Waals surface area contributed by atoms with Crippen molar-refractivity contribution in [2.45, 2.75) is 39.0 Å². The van der Waals surface area contributed by atoms with Crippen LogP contribution in [0, 0.1) is 0 Å². The zero-order valence-corrected chi connectivity index (χ0v) is 20.7.